The highest BCUT2D eigenvalue weighted by molar-refractivity contribution is 5.92. The summed E-state index contributed by atoms with van der Waals surface area (Å²) < 4.78 is 15.2. The van der Waals surface area contributed by atoms with Crippen LogP contribution >= 0.6 is 0 Å². The van der Waals surface area contributed by atoms with Gasteiger partial charge in [-0.3, -0.25) is 0 Å². The van der Waals surface area contributed by atoms with Crippen LogP contribution in [0.1, 0.15) is 21.5 Å². The van der Waals surface area contributed by atoms with E-state index in [0.717, 1.165) is 11.1 Å². The number of anilines is 1. The standard InChI is InChI=1S/C14H21NO4/c1-10-8-11(2)13(15)9-12(10)14(16)19-7-6-18-5-4-17-3/h8-9H,4-7,15H2,1-3H3. The number of esters is 1. The molecule has 5 heteroatoms. The molecule has 0 spiro atoms. The average molecular weight is 267 g/mol. The molecule has 1 aromatic rings. The Morgan fingerprint density at radius 1 is 1.11 bits per heavy atom. The fraction of sp³-hybridized carbons (Fsp3) is 0.500. The van der Waals surface area contributed by atoms with Gasteiger partial charge in [-0.05, 0) is 31.0 Å². The van der Waals surface area contributed by atoms with Gasteiger partial charge in [-0.25, -0.2) is 4.79 Å². The molecule has 1 aromatic carbocycles. The second-order valence-corrected chi connectivity index (χ2v) is 4.26. The number of hydrogen-bond donors (Lipinski definition) is 1. The number of carbonyl (C=O) groups is 1. The molecule has 2 N–H and O–H groups in total. The number of methoxy groups -OCH3 is 1. The number of ether oxygens (including phenoxy) is 3. The predicted molar refractivity (Wildman–Crippen MR) is 73.3 cm³/mol. The molecule has 0 bridgehead atoms. The summed E-state index contributed by atoms with van der Waals surface area (Å²) in [6.45, 7) is 5.36. The van der Waals surface area contributed by atoms with Crippen molar-refractivity contribution in [2.75, 3.05) is 39.3 Å². The molecule has 106 valence electrons. The molecular weight excluding hydrogens is 246 g/mol. The third-order valence-corrected chi connectivity index (χ3v) is 2.73. The molecule has 0 atom stereocenters. The van der Waals surface area contributed by atoms with E-state index in [4.69, 9.17) is 19.9 Å². The van der Waals surface area contributed by atoms with Crippen LogP contribution in [0.3, 0.4) is 0 Å². The molecule has 19 heavy (non-hydrogen) atoms. The zero-order valence-corrected chi connectivity index (χ0v) is 11.7. The summed E-state index contributed by atoms with van der Waals surface area (Å²) in [7, 11) is 1.61. The number of carbonyl (C=O) groups excluding carboxylic acids is 1. The van der Waals surface area contributed by atoms with Crippen molar-refractivity contribution < 1.29 is 19.0 Å². The minimum Gasteiger partial charge on any atom is -0.460 e. The minimum atomic E-state index is -0.375. The third kappa shape index (κ3) is 4.89. The molecule has 0 aliphatic carbocycles. The van der Waals surface area contributed by atoms with Gasteiger partial charge in [-0.15, -0.1) is 0 Å². The lowest BCUT2D eigenvalue weighted by Crippen LogP contribution is -2.14. The highest BCUT2D eigenvalue weighted by atomic mass is 16.6. The largest absolute Gasteiger partial charge is 0.460 e. The van der Waals surface area contributed by atoms with Gasteiger partial charge in [0, 0.05) is 12.8 Å². The van der Waals surface area contributed by atoms with E-state index in [0.29, 0.717) is 31.1 Å². The first-order chi connectivity index (χ1) is 9.06. The SMILES string of the molecule is COCCOCCOC(=O)c1cc(N)c(C)cc1C. The number of hydrogen-bond acceptors (Lipinski definition) is 5. The zero-order chi connectivity index (χ0) is 14.3. The lowest BCUT2D eigenvalue weighted by atomic mass is 10.0. The number of aryl methyl sites for hydroxylation is 2. The second-order valence-electron chi connectivity index (χ2n) is 4.26. The third-order valence-electron chi connectivity index (χ3n) is 2.73. The summed E-state index contributed by atoms with van der Waals surface area (Å²) in [4.78, 5) is 11.9. The van der Waals surface area contributed by atoms with Crippen LogP contribution in [0.25, 0.3) is 0 Å². The Labute approximate surface area is 113 Å². The summed E-state index contributed by atoms with van der Waals surface area (Å²) >= 11 is 0. The van der Waals surface area contributed by atoms with Crippen molar-refractivity contribution in [2.24, 2.45) is 0 Å². The smallest absolute Gasteiger partial charge is 0.338 e. The Bertz CT molecular complexity index is 432. The van der Waals surface area contributed by atoms with Gasteiger partial charge in [0.25, 0.3) is 0 Å². The van der Waals surface area contributed by atoms with Crippen LogP contribution in [0.2, 0.25) is 0 Å². The first kappa shape index (κ1) is 15.5. The van der Waals surface area contributed by atoms with Crippen LogP contribution in [0, 0.1) is 13.8 Å². The van der Waals surface area contributed by atoms with Crippen molar-refractivity contribution >= 4 is 11.7 Å². The fourth-order valence-corrected chi connectivity index (χ4v) is 1.60. The number of nitrogens with two attached hydrogens (primary N) is 1. The summed E-state index contributed by atoms with van der Waals surface area (Å²) in [5.74, 6) is -0.375. The lowest BCUT2D eigenvalue weighted by Gasteiger charge is -2.10. The molecular formula is C14H21NO4. The summed E-state index contributed by atoms with van der Waals surface area (Å²) in [6.07, 6.45) is 0. The Morgan fingerprint density at radius 2 is 1.79 bits per heavy atom. The van der Waals surface area contributed by atoms with Crippen molar-refractivity contribution in [3.05, 3.63) is 28.8 Å². The van der Waals surface area contributed by atoms with Gasteiger partial charge in [0.2, 0.25) is 0 Å². The molecule has 0 aliphatic rings. The van der Waals surface area contributed by atoms with Gasteiger partial charge in [0.1, 0.15) is 6.61 Å². The molecule has 0 radical (unpaired) electrons. The molecule has 0 amide bonds. The van der Waals surface area contributed by atoms with Crippen LogP contribution in [-0.4, -0.2) is 39.5 Å². The summed E-state index contributed by atoms with van der Waals surface area (Å²) in [5, 5.41) is 0. The zero-order valence-electron chi connectivity index (χ0n) is 11.7. The van der Waals surface area contributed by atoms with Crippen LogP contribution < -0.4 is 5.73 Å². The van der Waals surface area contributed by atoms with Crippen LogP contribution in [0.15, 0.2) is 12.1 Å². The predicted octanol–water partition coefficient (Wildman–Crippen LogP) is 1.71. The van der Waals surface area contributed by atoms with Crippen molar-refractivity contribution in [3.8, 4) is 0 Å². The van der Waals surface area contributed by atoms with Gasteiger partial charge in [-0.1, -0.05) is 6.07 Å². The fourth-order valence-electron chi connectivity index (χ4n) is 1.60. The van der Waals surface area contributed by atoms with Gasteiger partial charge in [-0.2, -0.15) is 0 Å². The van der Waals surface area contributed by atoms with Crippen molar-refractivity contribution in [1.82, 2.24) is 0 Å². The molecule has 0 aromatic heterocycles. The van der Waals surface area contributed by atoms with Crippen molar-refractivity contribution in [2.45, 2.75) is 13.8 Å². The van der Waals surface area contributed by atoms with E-state index in [1.807, 2.05) is 19.9 Å². The van der Waals surface area contributed by atoms with Crippen molar-refractivity contribution in [1.29, 1.82) is 0 Å². The molecule has 1 rings (SSSR count). The van der Waals surface area contributed by atoms with Crippen LogP contribution in [0.5, 0.6) is 0 Å². The first-order valence-corrected chi connectivity index (χ1v) is 6.16. The quantitative estimate of drug-likeness (QED) is 0.462. The van der Waals surface area contributed by atoms with Gasteiger partial charge >= 0.3 is 5.97 Å². The molecule has 0 saturated carbocycles. The number of benzene rings is 1. The Hall–Kier alpha value is -1.59. The van der Waals surface area contributed by atoms with Gasteiger partial charge < -0.3 is 19.9 Å². The van der Waals surface area contributed by atoms with Crippen LogP contribution in [-0.2, 0) is 14.2 Å². The normalized spacial score (nSPS) is 10.5. The van der Waals surface area contributed by atoms with E-state index in [2.05, 4.69) is 0 Å². The average Bonchev–Trinajstić information content (AvgIpc) is 2.37. The monoisotopic (exact) mass is 267 g/mol. The Morgan fingerprint density at radius 3 is 2.47 bits per heavy atom. The number of nitrogen functional groups attached to an aromatic ring is 1. The topological polar surface area (TPSA) is 70.8 Å². The molecule has 0 aliphatic heterocycles. The van der Waals surface area contributed by atoms with Crippen LogP contribution in [0.4, 0.5) is 5.69 Å². The minimum absolute atomic E-state index is 0.218. The molecule has 0 heterocycles. The maximum atomic E-state index is 11.9. The highest BCUT2D eigenvalue weighted by Crippen LogP contribution is 2.18. The highest BCUT2D eigenvalue weighted by Gasteiger charge is 2.12. The maximum Gasteiger partial charge on any atom is 0.338 e. The van der Waals surface area contributed by atoms with E-state index < -0.39 is 0 Å². The molecule has 0 fully saturated rings. The molecule has 5 nitrogen and oxygen atoms in total. The maximum absolute atomic E-state index is 11.9. The Kier molecular flexibility index (Phi) is 6.32. The van der Waals surface area contributed by atoms with Gasteiger partial charge in [0.05, 0.1) is 25.4 Å². The molecule has 0 saturated heterocycles. The van der Waals surface area contributed by atoms with E-state index in [1.54, 1.807) is 13.2 Å². The molecule has 0 unspecified atom stereocenters. The van der Waals surface area contributed by atoms with E-state index in [-0.39, 0.29) is 12.6 Å². The van der Waals surface area contributed by atoms with Gasteiger partial charge in [0.15, 0.2) is 0 Å². The Balaban J connectivity index is 2.43. The van der Waals surface area contributed by atoms with E-state index >= 15 is 0 Å². The van der Waals surface area contributed by atoms with Crippen molar-refractivity contribution in [3.63, 3.8) is 0 Å². The number of rotatable bonds is 7. The summed E-state index contributed by atoms with van der Waals surface area (Å²) in [6, 6.07) is 3.53. The second kappa shape index (κ2) is 7.76. The summed E-state index contributed by atoms with van der Waals surface area (Å²) in [5.41, 5.74) is 8.70. The van der Waals surface area contributed by atoms with E-state index in [1.165, 1.54) is 0 Å². The lowest BCUT2D eigenvalue weighted by molar-refractivity contribution is 0.0213. The first-order valence-electron chi connectivity index (χ1n) is 6.16. The van der Waals surface area contributed by atoms with E-state index in [9.17, 15) is 4.79 Å².